The number of benzene rings is 2. The van der Waals surface area contributed by atoms with Gasteiger partial charge in [-0.25, -0.2) is 0 Å². The third-order valence-electron chi connectivity index (χ3n) is 4.59. The number of carbonyl (C=O) groups excluding carboxylic acids is 1. The van der Waals surface area contributed by atoms with E-state index in [2.05, 4.69) is 29.6 Å². The van der Waals surface area contributed by atoms with Crippen LogP contribution in [0.5, 0.6) is 0 Å². The van der Waals surface area contributed by atoms with Gasteiger partial charge in [0.25, 0.3) is 0 Å². The van der Waals surface area contributed by atoms with Gasteiger partial charge in [0.15, 0.2) is 0 Å². The number of hydrogen-bond donors (Lipinski definition) is 2. The molecular weight excluding hydrogens is 300 g/mol. The second kappa shape index (κ2) is 8.27. The van der Waals surface area contributed by atoms with Gasteiger partial charge in [-0.3, -0.25) is 9.69 Å². The lowest BCUT2D eigenvalue weighted by molar-refractivity contribution is -0.126. The molecule has 0 bridgehead atoms. The van der Waals surface area contributed by atoms with Crippen LogP contribution in [0, 0.1) is 0 Å². The number of nitrogens with one attached hydrogen (secondary N) is 1. The molecule has 24 heavy (non-hydrogen) atoms. The molecule has 2 N–H and O–H groups in total. The number of hydrogen-bond acceptors (Lipinski definition) is 3. The molecule has 0 saturated heterocycles. The lowest BCUT2D eigenvalue weighted by Crippen LogP contribution is -2.44. The summed E-state index contributed by atoms with van der Waals surface area (Å²) in [6.45, 7) is 6.37. The Labute approximate surface area is 144 Å². The molecule has 130 valence electrons. The van der Waals surface area contributed by atoms with E-state index in [0.29, 0.717) is 13.0 Å². The topological polar surface area (TPSA) is 52.6 Å². The lowest BCUT2D eigenvalue weighted by atomic mass is 9.99. The maximum atomic E-state index is 12.5. The number of aliphatic hydroxyl groups excluding tert-OH is 1. The zero-order chi connectivity index (χ0) is 17.7. The van der Waals surface area contributed by atoms with Gasteiger partial charge in [-0.1, -0.05) is 42.5 Å². The van der Waals surface area contributed by atoms with E-state index in [4.69, 9.17) is 0 Å². The van der Waals surface area contributed by atoms with Crippen molar-refractivity contribution in [1.29, 1.82) is 0 Å². The van der Waals surface area contributed by atoms with Crippen LogP contribution in [0.4, 0.5) is 0 Å². The Morgan fingerprint density at radius 1 is 1.12 bits per heavy atom. The molecule has 0 aliphatic heterocycles. The fourth-order valence-electron chi connectivity index (χ4n) is 2.82. The zero-order valence-corrected chi connectivity index (χ0v) is 15.0. The first-order valence-corrected chi connectivity index (χ1v) is 8.56. The molecule has 3 atom stereocenters. The van der Waals surface area contributed by atoms with Crippen LogP contribution in [0.1, 0.15) is 38.8 Å². The summed E-state index contributed by atoms with van der Waals surface area (Å²) < 4.78 is 0. The SMILES string of the molecule is CC(O)CCN(C)C(C)C(=O)NC(C)c1cccc2ccccc12. The van der Waals surface area contributed by atoms with Crippen molar-refractivity contribution in [3.05, 3.63) is 48.0 Å². The van der Waals surface area contributed by atoms with Crippen LogP contribution in [0.3, 0.4) is 0 Å². The molecule has 0 aromatic heterocycles. The van der Waals surface area contributed by atoms with E-state index in [1.807, 2.05) is 44.0 Å². The van der Waals surface area contributed by atoms with Gasteiger partial charge < -0.3 is 10.4 Å². The molecule has 4 heteroatoms. The average Bonchev–Trinajstić information content (AvgIpc) is 2.58. The van der Waals surface area contributed by atoms with E-state index >= 15 is 0 Å². The van der Waals surface area contributed by atoms with Crippen molar-refractivity contribution in [2.24, 2.45) is 0 Å². The predicted molar refractivity (Wildman–Crippen MR) is 98.9 cm³/mol. The molecule has 0 spiro atoms. The first kappa shape index (κ1) is 18.4. The van der Waals surface area contributed by atoms with Gasteiger partial charge in [0, 0.05) is 6.54 Å². The number of amides is 1. The van der Waals surface area contributed by atoms with E-state index in [-0.39, 0.29) is 24.1 Å². The molecular formula is C20H28N2O2. The van der Waals surface area contributed by atoms with Gasteiger partial charge in [-0.15, -0.1) is 0 Å². The van der Waals surface area contributed by atoms with Crippen LogP contribution in [-0.2, 0) is 4.79 Å². The third kappa shape index (κ3) is 4.56. The predicted octanol–water partition coefficient (Wildman–Crippen LogP) is 3.11. The molecule has 2 aromatic rings. The number of likely N-dealkylation sites (N-methyl/N-ethyl adjacent to an activating group) is 1. The Bertz CT molecular complexity index is 679. The van der Waals surface area contributed by atoms with Gasteiger partial charge in [0.2, 0.25) is 5.91 Å². The van der Waals surface area contributed by atoms with Gasteiger partial charge in [0.1, 0.15) is 0 Å². The van der Waals surface area contributed by atoms with E-state index in [9.17, 15) is 9.90 Å². The second-order valence-electron chi connectivity index (χ2n) is 6.59. The minimum Gasteiger partial charge on any atom is -0.393 e. The highest BCUT2D eigenvalue weighted by molar-refractivity contribution is 5.87. The van der Waals surface area contributed by atoms with Crippen LogP contribution in [0.25, 0.3) is 10.8 Å². The Hall–Kier alpha value is -1.91. The first-order valence-electron chi connectivity index (χ1n) is 8.56. The van der Waals surface area contributed by atoms with Crippen molar-refractivity contribution in [3.8, 4) is 0 Å². The van der Waals surface area contributed by atoms with E-state index in [0.717, 1.165) is 5.56 Å². The van der Waals surface area contributed by atoms with Crippen molar-refractivity contribution >= 4 is 16.7 Å². The highest BCUT2D eigenvalue weighted by atomic mass is 16.3. The van der Waals surface area contributed by atoms with Gasteiger partial charge >= 0.3 is 0 Å². The average molecular weight is 328 g/mol. The Kier molecular flexibility index (Phi) is 6.35. The zero-order valence-electron chi connectivity index (χ0n) is 15.0. The molecule has 3 unspecified atom stereocenters. The minimum atomic E-state index is -0.350. The van der Waals surface area contributed by atoms with Crippen LogP contribution in [-0.4, -0.2) is 41.7 Å². The minimum absolute atomic E-state index is 0.00327. The lowest BCUT2D eigenvalue weighted by Gasteiger charge is -2.26. The Balaban J connectivity index is 2.05. The molecule has 0 aliphatic rings. The Morgan fingerprint density at radius 2 is 1.79 bits per heavy atom. The van der Waals surface area contributed by atoms with E-state index in [1.165, 1.54) is 10.8 Å². The summed E-state index contributed by atoms with van der Waals surface area (Å²) in [7, 11) is 1.91. The summed E-state index contributed by atoms with van der Waals surface area (Å²) >= 11 is 0. The number of aliphatic hydroxyl groups is 1. The van der Waals surface area contributed by atoms with Crippen molar-refractivity contribution in [1.82, 2.24) is 10.2 Å². The normalized spacial score (nSPS) is 15.2. The molecule has 2 aromatic carbocycles. The summed E-state index contributed by atoms with van der Waals surface area (Å²) in [5.74, 6) is 0.00327. The van der Waals surface area contributed by atoms with Crippen molar-refractivity contribution in [3.63, 3.8) is 0 Å². The molecule has 0 fully saturated rings. The van der Waals surface area contributed by atoms with Crippen LogP contribution in [0.2, 0.25) is 0 Å². The third-order valence-corrected chi connectivity index (χ3v) is 4.59. The van der Waals surface area contributed by atoms with E-state index < -0.39 is 0 Å². The molecule has 0 radical (unpaired) electrons. The highest BCUT2D eigenvalue weighted by Crippen LogP contribution is 2.24. The summed E-state index contributed by atoms with van der Waals surface area (Å²) in [6.07, 6.45) is 0.310. The molecule has 2 rings (SSSR count). The van der Waals surface area contributed by atoms with E-state index in [1.54, 1.807) is 6.92 Å². The molecule has 4 nitrogen and oxygen atoms in total. The number of carbonyl (C=O) groups is 1. The second-order valence-corrected chi connectivity index (χ2v) is 6.59. The van der Waals surface area contributed by atoms with Crippen LogP contribution in [0.15, 0.2) is 42.5 Å². The summed E-state index contributed by atoms with van der Waals surface area (Å²) in [5.41, 5.74) is 1.13. The largest absolute Gasteiger partial charge is 0.393 e. The quantitative estimate of drug-likeness (QED) is 0.821. The molecule has 1 amide bonds. The van der Waals surface area contributed by atoms with Crippen LogP contribution >= 0.6 is 0 Å². The van der Waals surface area contributed by atoms with Crippen molar-refractivity contribution < 1.29 is 9.90 Å². The highest BCUT2D eigenvalue weighted by Gasteiger charge is 2.20. The molecule has 0 heterocycles. The van der Waals surface area contributed by atoms with Crippen molar-refractivity contribution in [2.75, 3.05) is 13.6 Å². The smallest absolute Gasteiger partial charge is 0.237 e. The molecule has 0 saturated carbocycles. The van der Waals surface area contributed by atoms with Gasteiger partial charge in [-0.05, 0) is 50.6 Å². The fraction of sp³-hybridized carbons (Fsp3) is 0.450. The Morgan fingerprint density at radius 3 is 2.50 bits per heavy atom. The summed E-state index contributed by atoms with van der Waals surface area (Å²) in [5, 5.41) is 14.9. The van der Waals surface area contributed by atoms with Crippen LogP contribution < -0.4 is 5.32 Å². The van der Waals surface area contributed by atoms with Crippen molar-refractivity contribution in [2.45, 2.75) is 45.4 Å². The maximum Gasteiger partial charge on any atom is 0.237 e. The number of nitrogens with zero attached hydrogens (tertiary/aromatic N) is 1. The first-order chi connectivity index (χ1) is 11.4. The number of rotatable bonds is 7. The maximum absolute atomic E-state index is 12.5. The molecule has 0 aliphatic carbocycles. The monoisotopic (exact) mass is 328 g/mol. The van der Waals surface area contributed by atoms with Gasteiger partial charge in [0.05, 0.1) is 18.2 Å². The fourth-order valence-corrected chi connectivity index (χ4v) is 2.82. The summed E-state index contributed by atoms with van der Waals surface area (Å²) in [6, 6.07) is 14.1. The standard InChI is InChI=1S/C20H28N2O2/c1-14(23)12-13-22(4)16(3)20(24)21-15(2)18-11-7-9-17-8-5-6-10-19(17)18/h5-11,14-16,23H,12-13H2,1-4H3,(H,21,24). The number of fused-ring (bicyclic) bond motifs is 1. The summed E-state index contributed by atoms with van der Waals surface area (Å²) in [4.78, 5) is 14.5. The van der Waals surface area contributed by atoms with Gasteiger partial charge in [-0.2, -0.15) is 0 Å².